The lowest BCUT2D eigenvalue weighted by Crippen LogP contribution is -2.27. The standard InChI is InChI=1S/C18H13ClF3N7O/c19-10-5-8(1-2-11(10)20)29(30)17(23)9-6-12(21)14(22)16-15(9)27-18(28-16)26-7-13-24-3-4-25-13/h1-6,23,30H,7H2,(H,24,25)(H2,26,27,28). The van der Waals surface area contributed by atoms with E-state index < -0.39 is 23.3 Å². The lowest BCUT2D eigenvalue weighted by molar-refractivity contribution is 0.312. The Labute approximate surface area is 171 Å². The Bertz CT molecular complexity index is 1240. The molecule has 0 saturated heterocycles. The number of aromatic nitrogens is 4. The van der Waals surface area contributed by atoms with Gasteiger partial charge in [-0.15, -0.1) is 0 Å². The summed E-state index contributed by atoms with van der Waals surface area (Å²) < 4.78 is 41.8. The monoisotopic (exact) mass is 435 g/mol. The third kappa shape index (κ3) is 3.55. The molecule has 0 spiro atoms. The van der Waals surface area contributed by atoms with Gasteiger partial charge in [-0.2, -0.15) is 0 Å². The number of hydroxylamine groups is 1. The molecule has 0 aliphatic heterocycles. The number of rotatable bonds is 5. The first-order valence-electron chi connectivity index (χ1n) is 8.48. The molecule has 0 aliphatic carbocycles. The van der Waals surface area contributed by atoms with Crippen molar-refractivity contribution in [2.24, 2.45) is 0 Å². The molecule has 0 fully saturated rings. The zero-order valence-corrected chi connectivity index (χ0v) is 15.7. The summed E-state index contributed by atoms with van der Waals surface area (Å²) in [6.07, 6.45) is 3.18. The number of hydrogen-bond donors (Lipinski definition) is 5. The molecule has 2 heterocycles. The molecule has 12 heteroatoms. The Morgan fingerprint density at radius 2 is 2.03 bits per heavy atom. The summed E-state index contributed by atoms with van der Waals surface area (Å²) in [5, 5.41) is 21.6. The maximum Gasteiger partial charge on any atom is 0.201 e. The van der Waals surface area contributed by atoms with Gasteiger partial charge in [-0.25, -0.2) is 28.2 Å². The number of imidazole rings is 2. The van der Waals surface area contributed by atoms with Crippen LogP contribution in [0.4, 0.5) is 24.8 Å². The van der Waals surface area contributed by atoms with E-state index in [2.05, 4.69) is 25.3 Å². The van der Waals surface area contributed by atoms with Crippen molar-refractivity contribution in [2.75, 3.05) is 10.4 Å². The first kappa shape index (κ1) is 19.7. The zero-order chi connectivity index (χ0) is 21.4. The van der Waals surface area contributed by atoms with E-state index in [1.54, 1.807) is 12.4 Å². The largest absolute Gasteiger partial charge is 0.349 e. The number of aromatic amines is 2. The molecule has 0 amide bonds. The van der Waals surface area contributed by atoms with E-state index in [0.29, 0.717) is 10.9 Å². The smallest absolute Gasteiger partial charge is 0.201 e. The summed E-state index contributed by atoms with van der Waals surface area (Å²) in [6, 6.07) is 4.02. The zero-order valence-electron chi connectivity index (χ0n) is 15.0. The molecule has 0 aliphatic rings. The van der Waals surface area contributed by atoms with Gasteiger partial charge in [0.15, 0.2) is 17.5 Å². The van der Waals surface area contributed by atoms with E-state index in [0.717, 1.165) is 18.2 Å². The number of fused-ring (bicyclic) bond motifs is 1. The predicted molar refractivity (Wildman–Crippen MR) is 104 cm³/mol. The Morgan fingerprint density at radius 1 is 1.23 bits per heavy atom. The number of anilines is 2. The van der Waals surface area contributed by atoms with Crippen molar-refractivity contribution in [3.8, 4) is 0 Å². The van der Waals surface area contributed by atoms with Gasteiger partial charge in [-0.1, -0.05) is 11.6 Å². The van der Waals surface area contributed by atoms with Gasteiger partial charge < -0.3 is 15.3 Å². The van der Waals surface area contributed by atoms with Gasteiger partial charge in [0, 0.05) is 18.0 Å². The van der Waals surface area contributed by atoms with E-state index in [-0.39, 0.29) is 39.8 Å². The van der Waals surface area contributed by atoms with Crippen molar-refractivity contribution < 1.29 is 18.4 Å². The Morgan fingerprint density at radius 3 is 2.73 bits per heavy atom. The molecule has 0 bridgehead atoms. The van der Waals surface area contributed by atoms with Crippen molar-refractivity contribution in [3.05, 3.63) is 70.5 Å². The van der Waals surface area contributed by atoms with Crippen LogP contribution in [0.3, 0.4) is 0 Å². The first-order chi connectivity index (χ1) is 14.3. The van der Waals surface area contributed by atoms with Crippen molar-refractivity contribution in [1.29, 1.82) is 5.41 Å². The van der Waals surface area contributed by atoms with E-state index in [4.69, 9.17) is 17.0 Å². The molecule has 0 radical (unpaired) electrons. The molecule has 0 unspecified atom stereocenters. The van der Waals surface area contributed by atoms with Gasteiger partial charge in [-0.3, -0.25) is 10.6 Å². The molecule has 0 atom stereocenters. The Kier molecular flexibility index (Phi) is 5.06. The number of halogens is 4. The summed E-state index contributed by atoms with van der Waals surface area (Å²) in [4.78, 5) is 13.6. The van der Waals surface area contributed by atoms with Crippen LogP contribution in [0.1, 0.15) is 11.4 Å². The number of nitrogens with one attached hydrogen (secondary N) is 4. The average Bonchev–Trinajstić information content (AvgIpc) is 3.40. The number of benzene rings is 2. The quantitative estimate of drug-likeness (QED) is 0.183. The molecule has 30 heavy (non-hydrogen) atoms. The maximum atomic E-state index is 14.3. The summed E-state index contributed by atoms with van der Waals surface area (Å²) in [5.74, 6) is -3.09. The van der Waals surface area contributed by atoms with Crippen LogP contribution in [-0.4, -0.2) is 31.0 Å². The maximum absolute atomic E-state index is 14.3. The van der Waals surface area contributed by atoms with E-state index in [9.17, 15) is 18.4 Å². The minimum atomic E-state index is -1.25. The van der Waals surface area contributed by atoms with E-state index in [1.165, 1.54) is 6.07 Å². The summed E-state index contributed by atoms with van der Waals surface area (Å²) in [5.41, 5.74) is -0.597. The molecule has 5 N–H and O–H groups in total. The molecule has 154 valence electrons. The molecule has 0 saturated carbocycles. The molecule has 2 aromatic heterocycles. The van der Waals surface area contributed by atoms with Gasteiger partial charge in [0.1, 0.15) is 17.2 Å². The fraction of sp³-hybridized carbons (Fsp3) is 0.0556. The lowest BCUT2D eigenvalue weighted by Gasteiger charge is -2.18. The fourth-order valence-corrected chi connectivity index (χ4v) is 2.97. The summed E-state index contributed by atoms with van der Waals surface area (Å²) in [7, 11) is 0. The SMILES string of the molecule is N=C(c1cc(F)c(F)c2nc(NCc3ncc[nH]3)[nH]c12)N(O)c1ccc(F)c(Cl)c1. The predicted octanol–water partition coefficient (Wildman–Crippen LogP) is 4.19. The first-order valence-corrected chi connectivity index (χ1v) is 8.85. The second kappa shape index (κ2) is 7.69. The van der Waals surface area contributed by atoms with Crippen LogP contribution in [0.5, 0.6) is 0 Å². The second-order valence-corrected chi connectivity index (χ2v) is 6.58. The van der Waals surface area contributed by atoms with Crippen LogP contribution in [0, 0.1) is 22.9 Å². The van der Waals surface area contributed by atoms with Gasteiger partial charge in [0.25, 0.3) is 0 Å². The molecule has 4 rings (SSSR count). The number of amidine groups is 1. The fourth-order valence-electron chi connectivity index (χ4n) is 2.79. The van der Waals surface area contributed by atoms with E-state index >= 15 is 0 Å². The van der Waals surface area contributed by atoms with Gasteiger partial charge in [-0.05, 0) is 24.3 Å². The van der Waals surface area contributed by atoms with Crippen molar-refractivity contribution in [3.63, 3.8) is 0 Å². The molecule has 8 nitrogen and oxygen atoms in total. The van der Waals surface area contributed by atoms with Gasteiger partial charge in [0.2, 0.25) is 5.95 Å². The normalized spacial score (nSPS) is 11.1. The second-order valence-electron chi connectivity index (χ2n) is 6.18. The number of nitrogens with zero attached hydrogens (tertiary/aromatic N) is 3. The number of H-pyrrole nitrogens is 2. The molecular formula is C18H13ClF3N7O. The van der Waals surface area contributed by atoms with Gasteiger partial charge in [0.05, 0.1) is 22.8 Å². The molecular weight excluding hydrogens is 423 g/mol. The highest BCUT2D eigenvalue weighted by atomic mass is 35.5. The highest BCUT2D eigenvalue weighted by Crippen LogP contribution is 2.28. The Balaban J connectivity index is 1.70. The van der Waals surface area contributed by atoms with Crippen LogP contribution in [0.15, 0.2) is 36.7 Å². The minimum Gasteiger partial charge on any atom is -0.349 e. The van der Waals surface area contributed by atoms with Crippen molar-refractivity contribution >= 4 is 40.1 Å². The molecule has 2 aromatic carbocycles. The summed E-state index contributed by atoms with van der Waals surface area (Å²) >= 11 is 5.71. The lowest BCUT2D eigenvalue weighted by atomic mass is 10.1. The van der Waals surface area contributed by atoms with Gasteiger partial charge >= 0.3 is 0 Å². The third-order valence-electron chi connectivity index (χ3n) is 4.25. The topological polar surface area (TPSA) is 117 Å². The number of hydrogen-bond acceptors (Lipinski definition) is 5. The van der Waals surface area contributed by atoms with Crippen LogP contribution < -0.4 is 10.4 Å². The van der Waals surface area contributed by atoms with Crippen molar-refractivity contribution in [1.82, 2.24) is 19.9 Å². The highest BCUT2D eigenvalue weighted by Gasteiger charge is 2.23. The minimum absolute atomic E-state index is 0.0203. The van der Waals surface area contributed by atoms with Crippen LogP contribution in [-0.2, 0) is 6.54 Å². The van der Waals surface area contributed by atoms with Crippen molar-refractivity contribution in [2.45, 2.75) is 6.54 Å². The van der Waals surface area contributed by atoms with E-state index in [1.807, 2.05) is 0 Å². The third-order valence-corrected chi connectivity index (χ3v) is 4.54. The van der Waals surface area contributed by atoms with Crippen LogP contribution in [0.25, 0.3) is 11.0 Å². The van der Waals surface area contributed by atoms with Crippen LogP contribution >= 0.6 is 11.6 Å². The summed E-state index contributed by atoms with van der Waals surface area (Å²) in [6.45, 7) is 0.226. The highest BCUT2D eigenvalue weighted by molar-refractivity contribution is 6.31. The van der Waals surface area contributed by atoms with Crippen LogP contribution in [0.2, 0.25) is 5.02 Å². The Hall–Kier alpha value is -3.57. The average molecular weight is 436 g/mol. The molecule has 4 aromatic rings.